The third-order valence-corrected chi connectivity index (χ3v) is 4.68. The molecule has 144 valence electrons. The van der Waals surface area contributed by atoms with E-state index in [1.165, 1.54) is 30.6 Å². The quantitative estimate of drug-likeness (QED) is 0.707. The molecule has 3 rings (SSSR count). The standard InChI is InChI=1S/C21H20FN3O3/c1-13-5-4-6-17(15(13)3)23-19(26)12-24-9-10-25(21(28)20(24)27)18-11-16(22)8-7-14(18)2/h4-11H,12H2,1-3H3,(H,23,26). The van der Waals surface area contributed by atoms with Crippen LogP contribution in [-0.4, -0.2) is 15.0 Å². The Morgan fingerprint density at radius 1 is 1.00 bits per heavy atom. The predicted octanol–water partition coefficient (Wildman–Crippen LogP) is 2.70. The second-order valence-electron chi connectivity index (χ2n) is 6.63. The van der Waals surface area contributed by atoms with E-state index in [1.54, 1.807) is 13.0 Å². The maximum absolute atomic E-state index is 13.5. The van der Waals surface area contributed by atoms with Gasteiger partial charge in [-0.2, -0.15) is 0 Å². The van der Waals surface area contributed by atoms with Crippen LogP contribution in [0.5, 0.6) is 0 Å². The number of carbonyl (C=O) groups excluding carboxylic acids is 1. The normalized spacial score (nSPS) is 10.7. The number of nitrogens with zero attached hydrogens (tertiary/aromatic N) is 2. The highest BCUT2D eigenvalue weighted by atomic mass is 19.1. The maximum atomic E-state index is 13.5. The second kappa shape index (κ2) is 7.64. The Hall–Kier alpha value is -3.48. The van der Waals surface area contributed by atoms with Crippen molar-refractivity contribution in [1.29, 1.82) is 0 Å². The van der Waals surface area contributed by atoms with E-state index < -0.39 is 22.8 Å². The van der Waals surface area contributed by atoms with Crippen molar-refractivity contribution in [3.63, 3.8) is 0 Å². The zero-order valence-corrected chi connectivity index (χ0v) is 15.8. The Bertz CT molecular complexity index is 1180. The van der Waals surface area contributed by atoms with Crippen LogP contribution >= 0.6 is 0 Å². The van der Waals surface area contributed by atoms with E-state index in [1.807, 2.05) is 26.0 Å². The number of rotatable bonds is 4. The van der Waals surface area contributed by atoms with Crippen molar-refractivity contribution < 1.29 is 9.18 Å². The fraction of sp³-hybridized carbons (Fsp3) is 0.190. The molecule has 3 aromatic rings. The molecule has 2 aromatic carbocycles. The van der Waals surface area contributed by atoms with Crippen LogP contribution in [0.15, 0.2) is 58.4 Å². The van der Waals surface area contributed by atoms with E-state index in [4.69, 9.17) is 0 Å². The topological polar surface area (TPSA) is 73.1 Å². The number of halogens is 1. The van der Waals surface area contributed by atoms with Crippen molar-refractivity contribution >= 4 is 11.6 Å². The largest absolute Gasteiger partial charge is 0.324 e. The molecule has 6 nitrogen and oxygen atoms in total. The molecule has 0 spiro atoms. The lowest BCUT2D eigenvalue weighted by molar-refractivity contribution is -0.116. The minimum Gasteiger partial charge on any atom is -0.324 e. The number of hydrogen-bond donors (Lipinski definition) is 1. The summed E-state index contributed by atoms with van der Waals surface area (Å²) in [5, 5.41) is 2.75. The average molecular weight is 381 g/mol. The van der Waals surface area contributed by atoms with Crippen LogP contribution in [0, 0.1) is 26.6 Å². The first kappa shape index (κ1) is 19.3. The lowest BCUT2D eigenvalue weighted by Crippen LogP contribution is -2.41. The number of anilines is 1. The molecule has 0 aliphatic heterocycles. The molecule has 0 saturated carbocycles. The lowest BCUT2D eigenvalue weighted by atomic mass is 10.1. The first-order chi connectivity index (χ1) is 13.3. The number of amides is 1. The van der Waals surface area contributed by atoms with E-state index in [2.05, 4.69) is 5.32 Å². The Balaban J connectivity index is 1.88. The highest BCUT2D eigenvalue weighted by molar-refractivity contribution is 5.91. The minimum absolute atomic E-state index is 0.286. The van der Waals surface area contributed by atoms with Gasteiger partial charge in [0.15, 0.2) is 0 Å². The maximum Gasteiger partial charge on any atom is 0.320 e. The van der Waals surface area contributed by atoms with Crippen molar-refractivity contribution in [3.8, 4) is 5.69 Å². The minimum atomic E-state index is -0.859. The van der Waals surface area contributed by atoms with Gasteiger partial charge in [-0.15, -0.1) is 0 Å². The molecule has 0 aliphatic carbocycles. The molecular weight excluding hydrogens is 361 g/mol. The third-order valence-electron chi connectivity index (χ3n) is 4.68. The highest BCUT2D eigenvalue weighted by Crippen LogP contribution is 2.18. The van der Waals surface area contributed by atoms with Gasteiger partial charge in [0.2, 0.25) is 5.91 Å². The van der Waals surface area contributed by atoms with E-state index in [0.717, 1.165) is 20.3 Å². The van der Waals surface area contributed by atoms with Crippen LogP contribution in [0.1, 0.15) is 16.7 Å². The van der Waals surface area contributed by atoms with Crippen LogP contribution in [-0.2, 0) is 11.3 Å². The van der Waals surface area contributed by atoms with E-state index >= 15 is 0 Å². The van der Waals surface area contributed by atoms with Gasteiger partial charge >= 0.3 is 11.1 Å². The molecule has 0 saturated heterocycles. The fourth-order valence-electron chi connectivity index (χ4n) is 2.90. The van der Waals surface area contributed by atoms with Crippen molar-refractivity contribution in [3.05, 3.63) is 92.0 Å². The number of hydrogen-bond acceptors (Lipinski definition) is 3. The molecule has 0 radical (unpaired) electrons. The van der Waals surface area contributed by atoms with Gasteiger partial charge in [-0.05, 0) is 55.7 Å². The summed E-state index contributed by atoms with van der Waals surface area (Å²) in [5.74, 6) is -0.931. The molecule has 0 bridgehead atoms. The summed E-state index contributed by atoms with van der Waals surface area (Å²) < 4.78 is 15.7. The van der Waals surface area contributed by atoms with Crippen LogP contribution in [0.4, 0.5) is 10.1 Å². The predicted molar refractivity (Wildman–Crippen MR) is 106 cm³/mol. The van der Waals surface area contributed by atoms with Gasteiger partial charge in [0, 0.05) is 18.1 Å². The number of aromatic nitrogens is 2. The SMILES string of the molecule is Cc1ccc(F)cc1-n1ccn(CC(=O)Nc2cccc(C)c2C)c(=O)c1=O. The molecule has 28 heavy (non-hydrogen) atoms. The van der Waals surface area contributed by atoms with Gasteiger partial charge in [0.1, 0.15) is 12.4 Å². The average Bonchev–Trinajstić information content (AvgIpc) is 2.65. The summed E-state index contributed by atoms with van der Waals surface area (Å²) in [6.45, 7) is 5.23. The number of benzene rings is 2. The van der Waals surface area contributed by atoms with E-state index in [9.17, 15) is 18.8 Å². The highest BCUT2D eigenvalue weighted by Gasteiger charge is 2.13. The van der Waals surface area contributed by atoms with Gasteiger partial charge in [0.25, 0.3) is 0 Å². The van der Waals surface area contributed by atoms with Gasteiger partial charge in [-0.3, -0.25) is 23.5 Å². The number of carbonyl (C=O) groups is 1. The molecule has 0 atom stereocenters. The second-order valence-corrected chi connectivity index (χ2v) is 6.63. The molecule has 1 heterocycles. The Kier molecular flexibility index (Phi) is 5.26. The summed E-state index contributed by atoms with van der Waals surface area (Å²) in [4.78, 5) is 37.2. The van der Waals surface area contributed by atoms with E-state index in [0.29, 0.717) is 11.3 Å². The van der Waals surface area contributed by atoms with Crippen LogP contribution < -0.4 is 16.4 Å². The van der Waals surface area contributed by atoms with Crippen molar-refractivity contribution in [2.75, 3.05) is 5.32 Å². The molecule has 1 aromatic heterocycles. The summed E-state index contributed by atoms with van der Waals surface area (Å²) in [6.07, 6.45) is 2.70. The van der Waals surface area contributed by atoms with Gasteiger partial charge in [0.05, 0.1) is 5.69 Å². The summed E-state index contributed by atoms with van der Waals surface area (Å²) >= 11 is 0. The summed E-state index contributed by atoms with van der Waals surface area (Å²) in [6, 6.07) is 9.53. The summed E-state index contributed by atoms with van der Waals surface area (Å²) in [5.41, 5.74) is 1.84. The van der Waals surface area contributed by atoms with Gasteiger partial charge in [-0.25, -0.2) is 4.39 Å². The van der Waals surface area contributed by atoms with Crippen molar-refractivity contribution in [2.45, 2.75) is 27.3 Å². The fourth-order valence-corrected chi connectivity index (χ4v) is 2.90. The summed E-state index contributed by atoms with van der Waals surface area (Å²) in [7, 11) is 0. The van der Waals surface area contributed by atoms with Gasteiger partial charge in [-0.1, -0.05) is 18.2 Å². The zero-order chi connectivity index (χ0) is 20.4. The first-order valence-corrected chi connectivity index (χ1v) is 8.72. The number of nitrogens with one attached hydrogen (secondary N) is 1. The van der Waals surface area contributed by atoms with Crippen LogP contribution in [0.2, 0.25) is 0 Å². The third kappa shape index (κ3) is 3.78. The molecule has 0 unspecified atom stereocenters. The molecule has 1 amide bonds. The smallest absolute Gasteiger partial charge is 0.320 e. The molecule has 7 heteroatoms. The molecule has 0 aliphatic rings. The molecular formula is C21H20FN3O3. The Morgan fingerprint density at radius 3 is 2.50 bits per heavy atom. The van der Waals surface area contributed by atoms with Gasteiger partial charge < -0.3 is 5.32 Å². The van der Waals surface area contributed by atoms with Crippen molar-refractivity contribution in [2.24, 2.45) is 0 Å². The Morgan fingerprint density at radius 2 is 1.75 bits per heavy atom. The lowest BCUT2D eigenvalue weighted by Gasteiger charge is -2.13. The van der Waals surface area contributed by atoms with Crippen molar-refractivity contribution in [1.82, 2.24) is 9.13 Å². The van der Waals surface area contributed by atoms with Crippen LogP contribution in [0.25, 0.3) is 5.69 Å². The number of aryl methyl sites for hydroxylation is 2. The Labute approximate surface area is 160 Å². The zero-order valence-electron chi connectivity index (χ0n) is 15.8. The van der Waals surface area contributed by atoms with E-state index in [-0.39, 0.29) is 12.2 Å². The van der Waals surface area contributed by atoms with Crippen LogP contribution in [0.3, 0.4) is 0 Å². The molecule has 0 fully saturated rings. The monoisotopic (exact) mass is 381 g/mol. The first-order valence-electron chi connectivity index (χ1n) is 8.72. The molecule has 1 N–H and O–H groups in total.